The van der Waals surface area contributed by atoms with Crippen LogP contribution in [0.4, 0.5) is 0 Å². The van der Waals surface area contributed by atoms with Crippen LogP contribution >= 0.6 is 0 Å². The first kappa shape index (κ1) is 11.9. The summed E-state index contributed by atoms with van der Waals surface area (Å²) in [7, 11) is 1.13. The highest BCUT2D eigenvalue weighted by Gasteiger charge is 2.04. The van der Waals surface area contributed by atoms with Crippen LogP contribution in [0.3, 0.4) is 0 Å². The van der Waals surface area contributed by atoms with Crippen LogP contribution in [0, 0.1) is 0 Å². The zero-order valence-electron chi connectivity index (χ0n) is 10.8. The minimum absolute atomic E-state index is 0.654. The molecule has 0 saturated heterocycles. The predicted octanol–water partition coefficient (Wildman–Crippen LogP) is 2.89. The summed E-state index contributed by atoms with van der Waals surface area (Å²) in [6, 6.07) is 21.3. The lowest BCUT2D eigenvalue weighted by molar-refractivity contribution is 0.461. The Labute approximate surface area is 115 Å². The Balaban J connectivity index is 1.96. The van der Waals surface area contributed by atoms with Gasteiger partial charge in [0.25, 0.3) is 0 Å². The van der Waals surface area contributed by atoms with Crippen LogP contribution in [0.5, 0.6) is 11.6 Å². The molecule has 0 N–H and O–H groups in total. The van der Waals surface area contributed by atoms with E-state index in [1.807, 2.05) is 48.5 Å². The van der Waals surface area contributed by atoms with E-state index in [0.717, 1.165) is 32.9 Å². The summed E-state index contributed by atoms with van der Waals surface area (Å²) in [4.78, 5) is 4.54. The minimum Gasteiger partial charge on any atom is -0.439 e. The fourth-order valence-electron chi connectivity index (χ4n) is 2.11. The molecule has 3 heteroatoms. The average Bonchev–Trinajstić information content (AvgIpc) is 2.48. The van der Waals surface area contributed by atoms with Gasteiger partial charge in [0, 0.05) is 21.7 Å². The number of nitrogens with zero attached hydrogens (tertiary/aromatic N) is 1. The van der Waals surface area contributed by atoms with E-state index in [9.17, 15) is 0 Å². The molecule has 2 nitrogen and oxygen atoms in total. The van der Waals surface area contributed by atoms with Crippen molar-refractivity contribution >= 4 is 21.1 Å². The second-order valence-corrected chi connectivity index (χ2v) is 5.11. The highest BCUT2D eigenvalue weighted by molar-refractivity contribution is 6.08. The van der Waals surface area contributed by atoms with Gasteiger partial charge in [-0.15, -0.1) is 0 Å². The third kappa shape index (κ3) is 2.51. The van der Waals surface area contributed by atoms with Crippen LogP contribution in [0.1, 0.15) is 5.56 Å². The smallest absolute Gasteiger partial charge is 0.219 e. The van der Waals surface area contributed by atoms with E-state index in [1.165, 1.54) is 5.56 Å². The SMILES string of the molecule is [SiH3]Cc1ccccc1Oc1ccc2ccccc2n1. The fraction of sp³-hybridized carbons (Fsp3) is 0.0625. The van der Waals surface area contributed by atoms with Gasteiger partial charge in [-0.3, -0.25) is 0 Å². The molecule has 0 bridgehead atoms. The first-order valence-corrected chi connectivity index (χ1v) is 7.90. The van der Waals surface area contributed by atoms with Gasteiger partial charge in [0.15, 0.2) is 0 Å². The number of ether oxygens (including phenoxy) is 1. The van der Waals surface area contributed by atoms with Crippen LogP contribution in [-0.2, 0) is 6.04 Å². The van der Waals surface area contributed by atoms with E-state index in [4.69, 9.17) is 4.74 Å². The molecule has 94 valence electrons. The summed E-state index contributed by atoms with van der Waals surface area (Å²) in [5.74, 6) is 1.57. The number of pyridine rings is 1. The Kier molecular flexibility index (Phi) is 3.29. The van der Waals surface area contributed by atoms with Crippen molar-refractivity contribution in [2.45, 2.75) is 6.04 Å². The first-order valence-electron chi connectivity index (χ1n) is 6.48. The summed E-state index contributed by atoms with van der Waals surface area (Å²) < 4.78 is 5.92. The lowest BCUT2D eigenvalue weighted by Gasteiger charge is -2.09. The maximum absolute atomic E-state index is 5.92. The maximum Gasteiger partial charge on any atom is 0.219 e. The second kappa shape index (κ2) is 5.24. The monoisotopic (exact) mass is 265 g/mol. The number of benzene rings is 2. The predicted molar refractivity (Wildman–Crippen MR) is 81.9 cm³/mol. The molecule has 0 saturated carbocycles. The third-order valence-electron chi connectivity index (χ3n) is 3.14. The van der Waals surface area contributed by atoms with Crippen molar-refractivity contribution in [3.63, 3.8) is 0 Å². The molecule has 1 aromatic heterocycles. The van der Waals surface area contributed by atoms with Crippen LogP contribution < -0.4 is 4.74 Å². The fourth-order valence-corrected chi connectivity index (χ4v) is 2.70. The van der Waals surface area contributed by atoms with Gasteiger partial charge in [0.1, 0.15) is 5.75 Å². The van der Waals surface area contributed by atoms with Crippen molar-refractivity contribution in [2.75, 3.05) is 0 Å². The van der Waals surface area contributed by atoms with Crippen molar-refractivity contribution < 1.29 is 4.74 Å². The van der Waals surface area contributed by atoms with E-state index in [1.54, 1.807) is 0 Å². The molecule has 0 amide bonds. The molecule has 0 atom stereocenters. The standard InChI is InChI=1S/C16H15NOSi/c19-11-13-6-2-4-8-15(13)18-16-10-9-12-5-1-3-7-14(12)17-16/h1-10H,11H2,19H3. The molecule has 0 radical (unpaired) electrons. The Bertz CT molecular complexity index is 712. The van der Waals surface area contributed by atoms with E-state index in [0.29, 0.717) is 5.88 Å². The van der Waals surface area contributed by atoms with Gasteiger partial charge in [-0.2, -0.15) is 0 Å². The number of aromatic nitrogens is 1. The van der Waals surface area contributed by atoms with Crippen LogP contribution in [-0.4, -0.2) is 15.2 Å². The molecule has 0 aliphatic rings. The van der Waals surface area contributed by atoms with E-state index < -0.39 is 0 Å². The van der Waals surface area contributed by atoms with Gasteiger partial charge < -0.3 is 4.74 Å². The van der Waals surface area contributed by atoms with Gasteiger partial charge in [0.2, 0.25) is 5.88 Å². The molecule has 3 aromatic rings. The largest absolute Gasteiger partial charge is 0.439 e. The molecule has 3 rings (SSSR count). The number of rotatable bonds is 3. The molecule has 0 unspecified atom stereocenters. The number of para-hydroxylation sites is 2. The minimum atomic E-state index is 0.654. The molecule has 0 aliphatic heterocycles. The van der Waals surface area contributed by atoms with E-state index >= 15 is 0 Å². The third-order valence-corrected chi connectivity index (χ3v) is 3.90. The van der Waals surface area contributed by atoms with Gasteiger partial charge in [0.05, 0.1) is 5.52 Å². The summed E-state index contributed by atoms with van der Waals surface area (Å²) in [5, 5.41) is 1.13. The van der Waals surface area contributed by atoms with Gasteiger partial charge in [-0.25, -0.2) is 4.98 Å². The number of hydrogen-bond donors (Lipinski definition) is 0. The molecule has 0 fully saturated rings. The van der Waals surface area contributed by atoms with Crippen molar-refractivity contribution in [1.82, 2.24) is 4.98 Å². The van der Waals surface area contributed by atoms with Crippen molar-refractivity contribution in [2.24, 2.45) is 0 Å². The molecule has 0 spiro atoms. The van der Waals surface area contributed by atoms with Crippen LogP contribution in [0.2, 0.25) is 0 Å². The highest BCUT2D eigenvalue weighted by atomic mass is 28.1. The van der Waals surface area contributed by atoms with E-state index in [2.05, 4.69) is 17.1 Å². The average molecular weight is 265 g/mol. The van der Waals surface area contributed by atoms with Crippen molar-refractivity contribution in [3.05, 3.63) is 66.2 Å². The Morgan fingerprint density at radius 1 is 0.895 bits per heavy atom. The van der Waals surface area contributed by atoms with E-state index in [-0.39, 0.29) is 0 Å². The molecule has 0 aliphatic carbocycles. The maximum atomic E-state index is 5.92. The topological polar surface area (TPSA) is 22.1 Å². The summed E-state index contributed by atoms with van der Waals surface area (Å²) in [6.45, 7) is 0. The number of fused-ring (bicyclic) bond motifs is 1. The molecular weight excluding hydrogens is 250 g/mol. The summed E-state index contributed by atoms with van der Waals surface area (Å²) in [5.41, 5.74) is 2.22. The van der Waals surface area contributed by atoms with Crippen molar-refractivity contribution in [1.29, 1.82) is 0 Å². The summed E-state index contributed by atoms with van der Waals surface area (Å²) in [6.07, 6.45) is 0. The molecule has 19 heavy (non-hydrogen) atoms. The van der Waals surface area contributed by atoms with Crippen LogP contribution in [0.25, 0.3) is 10.9 Å². The van der Waals surface area contributed by atoms with Gasteiger partial charge in [-0.05, 0) is 29.8 Å². The zero-order valence-corrected chi connectivity index (χ0v) is 12.8. The Morgan fingerprint density at radius 2 is 1.68 bits per heavy atom. The van der Waals surface area contributed by atoms with Crippen molar-refractivity contribution in [3.8, 4) is 11.6 Å². The Hall–Kier alpha value is -2.13. The molecular formula is C16H15NOSi. The quantitative estimate of drug-likeness (QED) is 0.679. The van der Waals surface area contributed by atoms with Gasteiger partial charge >= 0.3 is 0 Å². The highest BCUT2D eigenvalue weighted by Crippen LogP contribution is 2.25. The van der Waals surface area contributed by atoms with Crippen LogP contribution in [0.15, 0.2) is 60.7 Å². The lowest BCUT2D eigenvalue weighted by atomic mass is 10.2. The lowest BCUT2D eigenvalue weighted by Crippen LogP contribution is -1.93. The Morgan fingerprint density at radius 3 is 2.58 bits per heavy atom. The molecule has 1 heterocycles. The molecule has 2 aromatic carbocycles. The second-order valence-electron chi connectivity index (χ2n) is 4.41. The van der Waals surface area contributed by atoms with Gasteiger partial charge in [-0.1, -0.05) is 36.4 Å². The first-order chi connectivity index (χ1) is 9.36. The zero-order chi connectivity index (χ0) is 13.1. The normalized spacial score (nSPS) is 10.7. The number of hydrogen-bond acceptors (Lipinski definition) is 2. The summed E-state index contributed by atoms with van der Waals surface area (Å²) >= 11 is 0.